The minimum atomic E-state index is -0.299. The highest BCUT2D eigenvalue weighted by molar-refractivity contribution is 7.25. The summed E-state index contributed by atoms with van der Waals surface area (Å²) in [5, 5.41) is 11.4. The first-order valence-corrected chi connectivity index (χ1v) is 7.92. The van der Waals surface area contributed by atoms with Crippen LogP contribution in [-0.2, 0) is 0 Å². The van der Waals surface area contributed by atoms with Gasteiger partial charge in [-0.2, -0.15) is 0 Å². The summed E-state index contributed by atoms with van der Waals surface area (Å²) >= 11 is 1.83. The summed E-state index contributed by atoms with van der Waals surface area (Å²) in [5.41, 5.74) is 2.33. The van der Waals surface area contributed by atoms with Gasteiger partial charge >= 0.3 is 7.69 Å². The van der Waals surface area contributed by atoms with Gasteiger partial charge in [-0.3, -0.25) is 0 Å². The molecule has 0 unspecified atom stereocenters. The molecule has 4 aromatic rings. The van der Waals surface area contributed by atoms with E-state index < -0.39 is 0 Å². The van der Waals surface area contributed by atoms with Gasteiger partial charge in [-0.05, 0) is 41.5 Å². The molecular weight excluding hydrogens is 291 g/mol. The first kappa shape index (κ1) is 13.4. The molecule has 0 atom stereocenters. The zero-order chi connectivity index (χ0) is 14.9. The normalized spacial score (nSPS) is 11.0. The second-order valence-corrected chi connectivity index (χ2v) is 6.19. The van der Waals surface area contributed by atoms with E-state index in [4.69, 9.17) is 9.68 Å². The van der Waals surface area contributed by atoms with Crippen molar-refractivity contribution in [3.05, 3.63) is 66.7 Å². The summed E-state index contributed by atoms with van der Waals surface area (Å²) in [5.74, 6) is 0.674. The van der Waals surface area contributed by atoms with E-state index >= 15 is 0 Å². The fourth-order valence-corrected chi connectivity index (χ4v) is 3.81. The van der Waals surface area contributed by atoms with Gasteiger partial charge < -0.3 is 9.68 Å². The lowest BCUT2D eigenvalue weighted by atomic mass is 10.0. The minimum absolute atomic E-state index is 0.299. The van der Waals surface area contributed by atoms with Crippen molar-refractivity contribution >= 4 is 39.2 Å². The Balaban J connectivity index is 1.83. The lowest BCUT2D eigenvalue weighted by molar-refractivity contribution is 0.454. The van der Waals surface area contributed by atoms with E-state index in [9.17, 15) is 0 Å². The fraction of sp³-hybridized carbons (Fsp3) is 0. The van der Waals surface area contributed by atoms with Crippen LogP contribution in [0.4, 0.5) is 0 Å². The van der Waals surface area contributed by atoms with E-state index in [0.29, 0.717) is 5.75 Å². The minimum Gasteiger partial charge on any atom is -0.539 e. The lowest BCUT2D eigenvalue weighted by Crippen LogP contribution is -1.99. The highest BCUT2D eigenvalue weighted by Crippen LogP contribution is 2.36. The van der Waals surface area contributed by atoms with Crippen LogP contribution in [0.5, 0.6) is 5.75 Å². The van der Waals surface area contributed by atoms with Gasteiger partial charge in [-0.15, -0.1) is 11.3 Å². The van der Waals surface area contributed by atoms with E-state index in [1.807, 2.05) is 35.6 Å². The second kappa shape index (κ2) is 5.48. The summed E-state index contributed by atoms with van der Waals surface area (Å²) in [4.78, 5) is 0. The quantitative estimate of drug-likeness (QED) is 0.570. The number of fused-ring (bicyclic) bond motifs is 3. The molecule has 106 valence electrons. The SMILES string of the molecule is OBOc1ccc(-c2ccc3sc4ccccc4c3c2)cc1. The molecule has 0 spiro atoms. The molecule has 0 amide bonds. The third kappa shape index (κ3) is 2.26. The third-order valence-electron chi connectivity index (χ3n) is 3.80. The van der Waals surface area contributed by atoms with E-state index in [2.05, 4.69) is 42.5 Å². The van der Waals surface area contributed by atoms with E-state index in [1.54, 1.807) is 0 Å². The molecule has 0 radical (unpaired) electrons. The highest BCUT2D eigenvalue weighted by atomic mass is 32.1. The summed E-state index contributed by atoms with van der Waals surface area (Å²) in [6.45, 7) is 0. The van der Waals surface area contributed by atoms with Crippen LogP contribution in [0.3, 0.4) is 0 Å². The Hall–Kier alpha value is -2.30. The topological polar surface area (TPSA) is 29.5 Å². The van der Waals surface area contributed by atoms with Crippen LogP contribution in [0.2, 0.25) is 0 Å². The first-order chi connectivity index (χ1) is 10.8. The fourth-order valence-electron chi connectivity index (χ4n) is 2.72. The number of hydrogen-bond acceptors (Lipinski definition) is 3. The maximum atomic E-state index is 8.78. The maximum Gasteiger partial charge on any atom is 0.504 e. The zero-order valence-electron chi connectivity index (χ0n) is 11.8. The molecule has 2 nitrogen and oxygen atoms in total. The average Bonchev–Trinajstić information content (AvgIpc) is 2.94. The Labute approximate surface area is 132 Å². The van der Waals surface area contributed by atoms with Gasteiger partial charge in [0, 0.05) is 20.2 Å². The molecule has 0 aliphatic rings. The van der Waals surface area contributed by atoms with Gasteiger partial charge in [-0.1, -0.05) is 36.4 Å². The molecule has 3 aromatic carbocycles. The number of thiophene rings is 1. The Morgan fingerprint density at radius 1 is 0.773 bits per heavy atom. The summed E-state index contributed by atoms with van der Waals surface area (Å²) in [6.07, 6.45) is 0. The molecule has 1 N–H and O–H groups in total. The van der Waals surface area contributed by atoms with Crippen LogP contribution >= 0.6 is 11.3 Å². The monoisotopic (exact) mass is 304 g/mol. The molecular formula is C18H13BO2S. The van der Waals surface area contributed by atoms with Gasteiger partial charge in [0.25, 0.3) is 0 Å². The van der Waals surface area contributed by atoms with Crippen molar-refractivity contribution in [3.8, 4) is 16.9 Å². The lowest BCUT2D eigenvalue weighted by Gasteiger charge is -2.05. The molecule has 4 rings (SSSR count). The predicted octanol–water partition coefficient (Wildman–Crippen LogP) is 4.36. The summed E-state index contributed by atoms with van der Waals surface area (Å²) in [7, 11) is -0.299. The maximum absolute atomic E-state index is 8.78. The van der Waals surface area contributed by atoms with Gasteiger partial charge in [0.1, 0.15) is 5.75 Å². The largest absolute Gasteiger partial charge is 0.539 e. The number of hydrogen-bond donors (Lipinski definition) is 1. The van der Waals surface area contributed by atoms with Crippen LogP contribution < -0.4 is 4.65 Å². The Morgan fingerprint density at radius 3 is 2.32 bits per heavy atom. The Bertz CT molecular complexity index is 944. The molecule has 22 heavy (non-hydrogen) atoms. The molecule has 0 fully saturated rings. The number of rotatable bonds is 3. The van der Waals surface area contributed by atoms with Gasteiger partial charge in [0.2, 0.25) is 0 Å². The molecule has 1 aromatic heterocycles. The smallest absolute Gasteiger partial charge is 0.504 e. The van der Waals surface area contributed by atoms with E-state index in [-0.39, 0.29) is 7.69 Å². The van der Waals surface area contributed by atoms with Crippen LogP contribution in [0.25, 0.3) is 31.3 Å². The molecule has 0 saturated carbocycles. The highest BCUT2D eigenvalue weighted by Gasteiger charge is 2.06. The van der Waals surface area contributed by atoms with Crippen LogP contribution in [0.1, 0.15) is 0 Å². The Morgan fingerprint density at radius 2 is 1.50 bits per heavy atom. The first-order valence-electron chi connectivity index (χ1n) is 7.10. The van der Waals surface area contributed by atoms with Crippen LogP contribution in [0.15, 0.2) is 66.7 Å². The summed E-state index contributed by atoms with van der Waals surface area (Å²) in [6, 6.07) is 22.9. The van der Waals surface area contributed by atoms with Crippen LogP contribution in [-0.4, -0.2) is 12.7 Å². The summed E-state index contributed by atoms with van der Waals surface area (Å²) < 4.78 is 7.70. The van der Waals surface area contributed by atoms with Crippen molar-refractivity contribution in [1.29, 1.82) is 0 Å². The van der Waals surface area contributed by atoms with Crippen molar-refractivity contribution < 1.29 is 9.68 Å². The molecule has 1 heterocycles. The molecule has 0 aliphatic carbocycles. The van der Waals surface area contributed by atoms with Crippen molar-refractivity contribution in [1.82, 2.24) is 0 Å². The van der Waals surface area contributed by atoms with Crippen molar-refractivity contribution in [2.45, 2.75) is 0 Å². The van der Waals surface area contributed by atoms with Crippen molar-refractivity contribution in [3.63, 3.8) is 0 Å². The molecule has 0 saturated heterocycles. The third-order valence-corrected chi connectivity index (χ3v) is 4.95. The van der Waals surface area contributed by atoms with Crippen LogP contribution in [0, 0.1) is 0 Å². The average molecular weight is 304 g/mol. The number of benzene rings is 3. The molecule has 4 heteroatoms. The standard InChI is InChI=1S/C18H13BO2S/c20-19-21-14-8-5-12(6-9-14)13-7-10-18-16(11-13)15-3-1-2-4-17(15)22-18/h1-11,19-20H. The Kier molecular flexibility index (Phi) is 3.33. The van der Waals surface area contributed by atoms with Crippen molar-refractivity contribution in [2.75, 3.05) is 0 Å². The van der Waals surface area contributed by atoms with Gasteiger partial charge in [0.05, 0.1) is 0 Å². The van der Waals surface area contributed by atoms with E-state index in [0.717, 1.165) is 5.56 Å². The van der Waals surface area contributed by atoms with Gasteiger partial charge in [-0.25, -0.2) is 0 Å². The molecule has 0 bridgehead atoms. The van der Waals surface area contributed by atoms with E-state index in [1.165, 1.54) is 25.7 Å². The van der Waals surface area contributed by atoms with Crippen molar-refractivity contribution in [2.24, 2.45) is 0 Å². The predicted molar refractivity (Wildman–Crippen MR) is 94.8 cm³/mol. The second-order valence-electron chi connectivity index (χ2n) is 5.11. The molecule has 0 aliphatic heterocycles. The van der Waals surface area contributed by atoms with Gasteiger partial charge in [0.15, 0.2) is 0 Å². The zero-order valence-corrected chi connectivity index (χ0v) is 12.6.